The molecule has 0 saturated carbocycles. The standard InChI is InChI=1S/C16H20FN3OS/c1-9(15-10(2)19-20(4)11(15)3)16(21)18-12-6-7-14(22-5)13(17)8-12/h6-9H,1-5H3,(H,18,21)/t9-/m1/s1. The van der Waals surface area contributed by atoms with Crippen LogP contribution in [-0.4, -0.2) is 21.9 Å². The van der Waals surface area contributed by atoms with Crippen molar-refractivity contribution in [3.63, 3.8) is 0 Å². The molecule has 2 aromatic rings. The average Bonchev–Trinajstić information content (AvgIpc) is 2.71. The molecule has 0 aliphatic rings. The summed E-state index contributed by atoms with van der Waals surface area (Å²) in [6, 6.07) is 4.72. The Kier molecular flexibility index (Phi) is 4.90. The number of rotatable bonds is 4. The molecule has 1 heterocycles. The van der Waals surface area contributed by atoms with Crippen molar-refractivity contribution in [1.29, 1.82) is 0 Å². The van der Waals surface area contributed by atoms with Crippen LogP contribution >= 0.6 is 11.8 Å². The maximum Gasteiger partial charge on any atom is 0.231 e. The lowest BCUT2D eigenvalue weighted by Crippen LogP contribution is -2.20. The lowest BCUT2D eigenvalue weighted by atomic mass is 9.98. The minimum Gasteiger partial charge on any atom is -0.325 e. The van der Waals surface area contributed by atoms with Gasteiger partial charge in [0.1, 0.15) is 5.82 Å². The second kappa shape index (κ2) is 6.52. The number of hydrogen-bond donors (Lipinski definition) is 1. The van der Waals surface area contributed by atoms with Crippen molar-refractivity contribution < 1.29 is 9.18 Å². The maximum absolute atomic E-state index is 13.8. The first-order chi connectivity index (χ1) is 10.3. The van der Waals surface area contributed by atoms with Gasteiger partial charge in [-0.25, -0.2) is 4.39 Å². The van der Waals surface area contributed by atoms with Gasteiger partial charge in [-0.05, 0) is 45.2 Å². The number of aromatic nitrogens is 2. The molecular formula is C16H20FN3OS. The molecule has 0 aliphatic heterocycles. The summed E-state index contributed by atoms with van der Waals surface area (Å²) < 4.78 is 15.5. The molecule has 22 heavy (non-hydrogen) atoms. The number of nitrogens with one attached hydrogen (secondary N) is 1. The zero-order chi connectivity index (χ0) is 16.4. The Morgan fingerprint density at radius 3 is 2.59 bits per heavy atom. The number of carbonyl (C=O) groups excluding carboxylic acids is 1. The molecule has 2 rings (SSSR count). The van der Waals surface area contributed by atoms with Crippen molar-refractivity contribution in [2.24, 2.45) is 7.05 Å². The summed E-state index contributed by atoms with van der Waals surface area (Å²) in [6.07, 6.45) is 1.81. The molecule has 4 nitrogen and oxygen atoms in total. The van der Waals surface area contributed by atoms with Crippen molar-refractivity contribution in [3.05, 3.63) is 41.0 Å². The fourth-order valence-electron chi connectivity index (χ4n) is 2.54. The molecule has 0 saturated heterocycles. The quantitative estimate of drug-likeness (QED) is 0.875. The first-order valence-electron chi connectivity index (χ1n) is 6.99. The Bertz CT molecular complexity index is 712. The molecular weight excluding hydrogens is 301 g/mol. The van der Waals surface area contributed by atoms with E-state index in [1.807, 2.05) is 34.1 Å². The van der Waals surface area contributed by atoms with E-state index in [-0.39, 0.29) is 17.6 Å². The van der Waals surface area contributed by atoms with Crippen molar-refractivity contribution in [3.8, 4) is 0 Å². The number of halogens is 1. The maximum atomic E-state index is 13.8. The fraction of sp³-hybridized carbons (Fsp3) is 0.375. The van der Waals surface area contributed by atoms with Crippen LogP contribution in [0.25, 0.3) is 0 Å². The van der Waals surface area contributed by atoms with Crippen LogP contribution in [0.3, 0.4) is 0 Å². The highest BCUT2D eigenvalue weighted by molar-refractivity contribution is 7.98. The fourth-order valence-corrected chi connectivity index (χ4v) is 3.00. The number of thioether (sulfide) groups is 1. The van der Waals surface area contributed by atoms with Crippen molar-refractivity contribution in [1.82, 2.24) is 9.78 Å². The summed E-state index contributed by atoms with van der Waals surface area (Å²) in [5, 5.41) is 7.10. The van der Waals surface area contributed by atoms with E-state index in [1.165, 1.54) is 17.8 Å². The number of aryl methyl sites for hydroxylation is 2. The number of amides is 1. The number of nitrogens with zero attached hydrogens (tertiary/aromatic N) is 2. The van der Waals surface area contributed by atoms with Gasteiger partial charge in [0, 0.05) is 28.9 Å². The molecule has 0 unspecified atom stereocenters. The zero-order valence-electron chi connectivity index (χ0n) is 13.4. The normalized spacial score (nSPS) is 12.3. The van der Waals surface area contributed by atoms with Crippen LogP contribution in [0.1, 0.15) is 29.8 Å². The highest BCUT2D eigenvalue weighted by Gasteiger charge is 2.22. The smallest absolute Gasteiger partial charge is 0.231 e. The third kappa shape index (κ3) is 3.16. The van der Waals surface area contributed by atoms with E-state index >= 15 is 0 Å². The van der Waals surface area contributed by atoms with Gasteiger partial charge in [-0.1, -0.05) is 0 Å². The summed E-state index contributed by atoms with van der Waals surface area (Å²) >= 11 is 1.33. The van der Waals surface area contributed by atoms with Crippen LogP contribution < -0.4 is 5.32 Å². The minimum atomic E-state index is -0.350. The minimum absolute atomic E-state index is 0.171. The molecule has 1 aromatic carbocycles. The van der Waals surface area contributed by atoms with Gasteiger partial charge in [0.15, 0.2) is 0 Å². The van der Waals surface area contributed by atoms with Gasteiger partial charge in [0.25, 0.3) is 0 Å². The molecule has 6 heteroatoms. The molecule has 1 N–H and O–H groups in total. The van der Waals surface area contributed by atoms with E-state index in [2.05, 4.69) is 10.4 Å². The monoisotopic (exact) mass is 321 g/mol. The van der Waals surface area contributed by atoms with E-state index in [1.54, 1.807) is 16.8 Å². The molecule has 1 amide bonds. The molecule has 0 fully saturated rings. The number of hydrogen-bond acceptors (Lipinski definition) is 3. The Labute approximate surface area is 134 Å². The molecule has 0 radical (unpaired) electrons. The first-order valence-corrected chi connectivity index (χ1v) is 8.22. The number of anilines is 1. The summed E-state index contributed by atoms with van der Waals surface area (Å²) in [7, 11) is 1.85. The third-order valence-electron chi connectivity index (χ3n) is 3.81. The van der Waals surface area contributed by atoms with Crippen LogP contribution in [0.15, 0.2) is 23.1 Å². The topological polar surface area (TPSA) is 46.9 Å². The first kappa shape index (κ1) is 16.5. The lowest BCUT2D eigenvalue weighted by molar-refractivity contribution is -0.117. The van der Waals surface area contributed by atoms with Crippen molar-refractivity contribution in [2.45, 2.75) is 31.6 Å². The number of benzene rings is 1. The summed E-state index contributed by atoms with van der Waals surface area (Å²) in [6.45, 7) is 5.66. The molecule has 1 aromatic heterocycles. The van der Waals surface area contributed by atoms with Crippen LogP contribution in [0.5, 0.6) is 0 Å². The van der Waals surface area contributed by atoms with Crippen molar-refractivity contribution in [2.75, 3.05) is 11.6 Å². The van der Waals surface area contributed by atoms with E-state index in [0.717, 1.165) is 17.0 Å². The molecule has 0 bridgehead atoms. The second-order valence-electron chi connectivity index (χ2n) is 5.27. The summed E-state index contributed by atoms with van der Waals surface area (Å²) in [4.78, 5) is 13.0. The second-order valence-corrected chi connectivity index (χ2v) is 6.12. The summed E-state index contributed by atoms with van der Waals surface area (Å²) in [5.74, 6) is -0.848. The van der Waals surface area contributed by atoms with Gasteiger partial charge in [-0.3, -0.25) is 9.48 Å². The van der Waals surface area contributed by atoms with Crippen molar-refractivity contribution >= 4 is 23.4 Å². The van der Waals surface area contributed by atoms with Crippen LogP contribution in [0.4, 0.5) is 10.1 Å². The highest BCUT2D eigenvalue weighted by atomic mass is 32.2. The van der Waals surface area contributed by atoms with Crippen LogP contribution in [0.2, 0.25) is 0 Å². The van der Waals surface area contributed by atoms with Crippen LogP contribution in [-0.2, 0) is 11.8 Å². The lowest BCUT2D eigenvalue weighted by Gasteiger charge is -2.13. The van der Waals surface area contributed by atoms with Gasteiger partial charge >= 0.3 is 0 Å². The third-order valence-corrected chi connectivity index (χ3v) is 4.58. The SMILES string of the molecule is CSc1ccc(NC(=O)[C@H](C)c2c(C)nn(C)c2C)cc1F. The average molecular weight is 321 g/mol. The molecule has 118 valence electrons. The summed E-state index contributed by atoms with van der Waals surface area (Å²) in [5.41, 5.74) is 3.18. The van der Waals surface area contributed by atoms with Gasteiger partial charge in [0.2, 0.25) is 5.91 Å². The van der Waals surface area contributed by atoms with Gasteiger partial charge in [-0.15, -0.1) is 11.8 Å². The highest BCUT2D eigenvalue weighted by Crippen LogP contribution is 2.26. The van der Waals surface area contributed by atoms with E-state index < -0.39 is 0 Å². The van der Waals surface area contributed by atoms with Crippen LogP contribution in [0, 0.1) is 19.7 Å². The Morgan fingerprint density at radius 2 is 2.09 bits per heavy atom. The zero-order valence-corrected chi connectivity index (χ0v) is 14.2. The van der Waals surface area contributed by atoms with Gasteiger partial charge in [0.05, 0.1) is 11.6 Å². The largest absolute Gasteiger partial charge is 0.325 e. The molecule has 1 atom stereocenters. The molecule has 0 spiro atoms. The number of carbonyl (C=O) groups is 1. The predicted octanol–water partition coefficient (Wildman–Crippen LogP) is 3.64. The Hall–Kier alpha value is -1.82. The molecule has 0 aliphatic carbocycles. The van der Waals surface area contributed by atoms with E-state index in [0.29, 0.717) is 10.6 Å². The Balaban J connectivity index is 2.20. The van der Waals surface area contributed by atoms with Gasteiger partial charge in [-0.2, -0.15) is 5.10 Å². The van der Waals surface area contributed by atoms with Gasteiger partial charge < -0.3 is 5.32 Å². The Morgan fingerprint density at radius 1 is 1.41 bits per heavy atom. The van der Waals surface area contributed by atoms with E-state index in [9.17, 15) is 9.18 Å². The van der Waals surface area contributed by atoms with E-state index in [4.69, 9.17) is 0 Å². The predicted molar refractivity (Wildman–Crippen MR) is 87.9 cm³/mol.